The van der Waals surface area contributed by atoms with Crippen LogP contribution in [-0.4, -0.2) is 17.5 Å². The highest BCUT2D eigenvalue weighted by Gasteiger charge is 2.19. The second-order valence-electron chi connectivity index (χ2n) is 6.76. The van der Waals surface area contributed by atoms with E-state index in [1.807, 2.05) is 92.7 Å². The van der Waals surface area contributed by atoms with Crippen molar-refractivity contribution in [2.45, 2.75) is 13.8 Å². The summed E-state index contributed by atoms with van der Waals surface area (Å²) in [7, 11) is 0. The first-order chi connectivity index (χ1) is 14.2. The van der Waals surface area contributed by atoms with Crippen LogP contribution < -0.4 is 10.1 Å². The molecule has 0 saturated carbocycles. The van der Waals surface area contributed by atoms with E-state index in [0.29, 0.717) is 12.2 Å². The van der Waals surface area contributed by atoms with Gasteiger partial charge in [0.15, 0.2) is 0 Å². The van der Waals surface area contributed by atoms with E-state index in [-0.39, 0.29) is 5.91 Å². The minimum atomic E-state index is -0.151. The lowest BCUT2D eigenvalue weighted by atomic mass is 9.97. The molecular weight excluding hydrogens is 360 g/mol. The van der Waals surface area contributed by atoms with Crippen molar-refractivity contribution in [2.75, 3.05) is 11.9 Å². The number of anilines is 1. The van der Waals surface area contributed by atoms with Gasteiger partial charge in [0.2, 0.25) is 0 Å². The van der Waals surface area contributed by atoms with Gasteiger partial charge in [0.05, 0.1) is 23.4 Å². The van der Waals surface area contributed by atoms with Gasteiger partial charge >= 0.3 is 0 Å². The van der Waals surface area contributed by atoms with Gasteiger partial charge in [-0.05, 0) is 49.7 Å². The number of hydrogen-bond donors (Lipinski definition) is 1. The number of para-hydroxylation sites is 1. The van der Waals surface area contributed by atoms with Gasteiger partial charge in [0.1, 0.15) is 5.75 Å². The molecule has 0 saturated heterocycles. The molecule has 0 unspecified atom stereocenters. The van der Waals surface area contributed by atoms with Crippen LogP contribution in [0.1, 0.15) is 22.8 Å². The maximum atomic E-state index is 13.3. The number of carbonyl (C=O) groups is 1. The van der Waals surface area contributed by atoms with Gasteiger partial charge in [-0.1, -0.05) is 48.5 Å². The summed E-state index contributed by atoms with van der Waals surface area (Å²) in [6.45, 7) is 4.50. The number of amides is 1. The zero-order valence-corrected chi connectivity index (χ0v) is 16.5. The van der Waals surface area contributed by atoms with Crippen LogP contribution in [0.5, 0.6) is 5.75 Å². The third-order valence-corrected chi connectivity index (χ3v) is 4.83. The fourth-order valence-electron chi connectivity index (χ4n) is 3.47. The van der Waals surface area contributed by atoms with Crippen LogP contribution in [-0.2, 0) is 0 Å². The van der Waals surface area contributed by atoms with Gasteiger partial charge in [-0.25, -0.2) is 4.98 Å². The number of hydrogen-bond acceptors (Lipinski definition) is 3. The number of ether oxygens (including phenoxy) is 1. The highest BCUT2D eigenvalue weighted by molar-refractivity contribution is 6.14. The van der Waals surface area contributed by atoms with E-state index in [4.69, 9.17) is 9.72 Å². The van der Waals surface area contributed by atoms with Crippen molar-refractivity contribution in [3.05, 3.63) is 90.0 Å². The molecule has 0 aliphatic heterocycles. The Labute approximate surface area is 170 Å². The Kier molecular flexibility index (Phi) is 5.25. The lowest BCUT2D eigenvalue weighted by Gasteiger charge is -2.15. The van der Waals surface area contributed by atoms with Gasteiger partial charge in [-0.3, -0.25) is 4.79 Å². The van der Waals surface area contributed by atoms with Gasteiger partial charge < -0.3 is 10.1 Å². The molecule has 144 valence electrons. The zero-order valence-electron chi connectivity index (χ0n) is 16.5. The van der Waals surface area contributed by atoms with Crippen molar-refractivity contribution in [2.24, 2.45) is 0 Å². The fourth-order valence-corrected chi connectivity index (χ4v) is 3.47. The molecule has 3 aromatic carbocycles. The molecule has 4 rings (SSSR count). The first kappa shape index (κ1) is 18.7. The summed E-state index contributed by atoms with van der Waals surface area (Å²) in [5, 5.41) is 3.86. The maximum Gasteiger partial charge on any atom is 0.256 e. The third kappa shape index (κ3) is 3.83. The lowest BCUT2D eigenvalue weighted by Crippen LogP contribution is -2.15. The molecule has 4 heteroatoms. The molecule has 0 atom stereocenters. The van der Waals surface area contributed by atoms with E-state index in [9.17, 15) is 4.79 Å². The van der Waals surface area contributed by atoms with Crippen LogP contribution in [0, 0.1) is 6.92 Å². The van der Waals surface area contributed by atoms with Crippen LogP contribution in [0.3, 0.4) is 0 Å². The Morgan fingerprint density at radius 3 is 2.34 bits per heavy atom. The average molecular weight is 382 g/mol. The van der Waals surface area contributed by atoms with E-state index < -0.39 is 0 Å². The van der Waals surface area contributed by atoms with E-state index in [1.54, 1.807) is 0 Å². The molecule has 0 aliphatic carbocycles. The summed E-state index contributed by atoms with van der Waals surface area (Å²) in [5.41, 5.74) is 4.84. The summed E-state index contributed by atoms with van der Waals surface area (Å²) < 4.78 is 5.47. The molecule has 29 heavy (non-hydrogen) atoms. The Balaban J connectivity index is 1.77. The molecule has 0 fully saturated rings. The molecule has 4 nitrogen and oxygen atoms in total. The van der Waals surface area contributed by atoms with Crippen LogP contribution >= 0.6 is 0 Å². The Bertz CT molecular complexity index is 1150. The monoisotopic (exact) mass is 382 g/mol. The van der Waals surface area contributed by atoms with E-state index in [2.05, 4.69) is 5.32 Å². The van der Waals surface area contributed by atoms with Crippen LogP contribution in [0.25, 0.3) is 22.2 Å². The fraction of sp³-hybridized carbons (Fsp3) is 0.120. The van der Waals surface area contributed by atoms with Gasteiger partial charge in [0, 0.05) is 16.6 Å². The van der Waals surface area contributed by atoms with Crippen LogP contribution in [0.4, 0.5) is 5.69 Å². The van der Waals surface area contributed by atoms with Gasteiger partial charge in [-0.2, -0.15) is 0 Å². The lowest BCUT2D eigenvalue weighted by molar-refractivity contribution is 0.102. The molecule has 1 amide bonds. The maximum absolute atomic E-state index is 13.3. The molecule has 0 spiro atoms. The molecule has 0 aliphatic rings. The van der Waals surface area contributed by atoms with Crippen LogP contribution in [0.2, 0.25) is 0 Å². The largest absolute Gasteiger partial charge is 0.494 e. The molecule has 1 aromatic heterocycles. The predicted molar refractivity (Wildman–Crippen MR) is 117 cm³/mol. The number of aromatic nitrogens is 1. The van der Waals surface area contributed by atoms with Crippen molar-refractivity contribution in [3.8, 4) is 17.0 Å². The Morgan fingerprint density at radius 2 is 1.62 bits per heavy atom. The zero-order chi connectivity index (χ0) is 20.2. The molecule has 1 N–H and O–H groups in total. The number of fused-ring (bicyclic) bond motifs is 1. The number of pyridine rings is 1. The Morgan fingerprint density at radius 1 is 0.931 bits per heavy atom. The van der Waals surface area contributed by atoms with Crippen molar-refractivity contribution in [1.29, 1.82) is 0 Å². The topological polar surface area (TPSA) is 51.2 Å². The van der Waals surface area contributed by atoms with E-state index in [0.717, 1.165) is 39.2 Å². The molecular formula is C25H22N2O2. The first-order valence-corrected chi connectivity index (χ1v) is 9.66. The molecule has 0 radical (unpaired) electrons. The number of carbonyl (C=O) groups excluding carboxylic acids is 1. The van der Waals surface area contributed by atoms with Crippen molar-refractivity contribution >= 4 is 22.5 Å². The second-order valence-corrected chi connectivity index (χ2v) is 6.76. The highest BCUT2D eigenvalue weighted by Crippen LogP contribution is 2.30. The molecule has 0 bridgehead atoms. The van der Waals surface area contributed by atoms with Crippen molar-refractivity contribution < 1.29 is 9.53 Å². The molecule has 1 heterocycles. The van der Waals surface area contributed by atoms with Gasteiger partial charge in [0.25, 0.3) is 5.91 Å². The SMILES string of the molecule is CCOc1ccc(NC(=O)c2c(C)c(-c3ccccc3)nc3ccccc23)cc1. The van der Waals surface area contributed by atoms with E-state index in [1.165, 1.54) is 0 Å². The number of benzene rings is 3. The minimum Gasteiger partial charge on any atom is -0.494 e. The summed E-state index contributed by atoms with van der Waals surface area (Å²) in [6.07, 6.45) is 0. The van der Waals surface area contributed by atoms with Gasteiger partial charge in [-0.15, -0.1) is 0 Å². The second kappa shape index (κ2) is 8.15. The first-order valence-electron chi connectivity index (χ1n) is 9.66. The van der Waals surface area contributed by atoms with E-state index >= 15 is 0 Å². The average Bonchev–Trinajstić information content (AvgIpc) is 2.75. The molecule has 4 aromatic rings. The minimum absolute atomic E-state index is 0.151. The number of nitrogens with zero attached hydrogens (tertiary/aromatic N) is 1. The smallest absolute Gasteiger partial charge is 0.256 e. The Hall–Kier alpha value is -3.66. The summed E-state index contributed by atoms with van der Waals surface area (Å²) in [6, 6.07) is 25.1. The summed E-state index contributed by atoms with van der Waals surface area (Å²) >= 11 is 0. The third-order valence-electron chi connectivity index (χ3n) is 4.83. The number of nitrogens with one attached hydrogen (secondary N) is 1. The van der Waals surface area contributed by atoms with Crippen LogP contribution in [0.15, 0.2) is 78.9 Å². The number of rotatable bonds is 5. The normalized spacial score (nSPS) is 10.7. The summed E-state index contributed by atoms with van der Waals surface area (Å²) in [5.74, 6) is 0.629. The van der Waals surface area contributed by atoms with Crippen molar-refractivity contribution in [3.63, 3.8) is 0 Å². The highest BCUT2D eigenvalue weighted by atomic mass is 16.5. The predicted octanol–water partition coefficient (Wildman–Crippen LogP) is 5.86. The standard InChI is InChI=1S/C25H22N2O2/c1-3-29-20-15-13-19(14-16-20)26-25(28)23-17(2)24(18-9-5-4-6-10-18)27-22-12-8-7-11-21(22)23/h4-16H,3H2,1-2H3,(H,26,28). The van der Waals surface area contributed by atoms with Crippen molar-refractivity contribution in [1.82, 2.24) is 4.98 Å². The quantitative estimate of drug-likeness (QED) is 0.470. The summed E-state index contributed by atoms with van der Waals surface area (Å²) in [4.78, 5) is 18.1.